The van der Waals surface area contributed by atoms with Crippen LogP contribution in [0.25, 0.3) is 11.0 Å². The third-order valence-corrected chi connectivity index (χ3v) is 8.02. The fourth-order valence-corrected chi connectivity index (χ4v) is 5.93. The van der Waals surface area contributed by atoms with Crippen LogP contribution in [0.4, 0.5) is 5.95 Å². The number of fused-ring (bicyclic) bond motifs is 1. The highest BCUT2D eigenvalue weighted by molar-refractivity contribution is 6.36. The van der Waals surface area contributed by atoms with Crippen molar-refractivity contribution in [2.75, 3.05) is 44.6 Å². The smallest absolute Gasteiger partial charge is 0.257 e. The molecule has 0 spiro atoms. The van der Waals surface area contributed by atoms with E-state index in [0.717, 1.165) is 38.9 Å². The maximum absolute atomic E-state index is 13.3. The maximum Gasteiger partial charge on any atom is 0.257 e. The van der Waals surface area contributed by atoms with Gasteiger partial charge in [-0.05, 0) is 88.7 Å². The molecule has 2 N–H and O–H groups in total. The third kappa shape index (κ3) is 6.15. The molecule has 2 aromatic rings. The van der Waals surface area contributed by atoms with Crippen LogP contribution >= 0.6 is 11.6 Å². The minimum atomic E-state index is -0.248. The average Bonchev–Trinajstić information content (AvgIpc) is 3.51. The number of carbonyl (C=O) groups is 2. The number of halogens is 1. The predicted octanol–water partition coefficient (Wildman–Crippen LogP) is 4.27. The average molecular weight is 553 g/mol. The number of anilines is 1. The van der Waals surface area contributed by atoms with Gasteiger partial charge in [0, 0.05) is 31.2 Å². The maximum atomic E-state index is 13.3. The molecule has 208 valence electrons. The molecule has 2 atom stereocenters. The molecule has 0 aliphatic carbocycles. The number of rotatable bonds is 8. The lowest BCUT2D eigenvalue weighted by atomic mass is 10.1. The van der Waals surface area contributed by atoms with Crippen LogP contribution in [0.2, 0.25) is 5.02 Å². The van der Waals surface area contributed by atoms with Crippen molar-refractivity contribution in [3.8, 4) is 5.75 Å². The quantitative estimate of drug-likeness (QED) is 0.475. The highest BCUT2D eigenvalue weighted by atomic mass is 35.5. The second kappa shape index (κ2) is 12.3. The molecule has 5 rings (SSSR count). The summed E-state index contributed by atoms with van der Waals surface area (Å²) < 4.78 is 8.14. The lowest BCUT2D eigenvalue weighted by Crippen LogP contribution is -2.34. The molecule has 1 aromatic heterocycles. The van der Waals surface area contributed by atoms with Gasteiger partial charge in [-0.1, -0.05) is 18.2 Å². The topological polar surface area (TPSA) is 91.7 Å². The Bertz CT molecular complexity index is 1300. The Morgan fingerprint density at radius 3 is 2.79 bits per heavy atom. The molecule has 3 aliphatic rings. The number of hydrogen-bond acceptors (Lipinski definition) is 6. The summed E-state index contributed by atoms with van der Waals surface area (Å²) in [5.41, 5.74) is 1.92. The van der Waals surface area contributed by atoms with E-state index < -0.39 is 0 Å². The number of ether oxygens (including phenoxy) is 1. The van der Waals surface area contributed by atoms with Crippen molar-refractivity contribution in [1.82, 2.24) is 24.7 Å². The molecule has 2 saturated heterocycles. The van der Waals surface area contributed by atoms with E-state index in [0.29, 0.717) is 53.0 Å². The monoisotopic (exact) mass is 552 g/mol. The van der Waals surface area contributed by atoms with Crippen molar-refractivity contribution in [1.29, 1.82) is 0 Å². The number of nitrogens with zero attached hydrogens (tertiary/aromatic N) is 4. The van der Waals surface area contributed by atoms with E-state index in [4.69, 9.17) is 21.3 Å². The van der Waals surface area contributed by atoms with Crippen LogP contribution < -0.4 is 15.4 Å². The molecule has 3 aliphatic heterocycles. The van der Waals surface area contributed by atoms with Gasteiger partial charge in [0.15, 0.2) is 0 Å². The minimum absolute atomic E-state index is 0.0459. The Morgan fingerprint density at radius 1 is 1.23 bits per heavy atom. The largest absolute Gasteiger partial charge is 0.491 e. The van der Waals surface area contributed by atoms with Crippen LogP contribution in [0.1, 0.15) is 45.1 Å². The second-order valence-electron chi connectivity index (χ2n) is 10.5. The zero-order valence-corrected chi connectivity index (χ0v) is 23.3. The van der Waals surface area contributed by atoms with E-state index in [9.17, 15) is 9.59 Å². The highest BCUT2D eigenvalue weighted by Gasteiger charge is 2.28. The number of benzene rings is 1. The summed E-state index contributed by atoms with van der Waals surface area (Å²) in [6.07, 6.45) is 11.9. The van der Waals surface area contributed by atoms with Gasteiger partial charge in [0.05, 0.1) is 17.1 Å². The first-order chi connectivity index (χ1) is 18.9. The fraction of sp³-hybridized carbons (Fsp3) is 0.483. The fourth-order valence-electron chi connectivity index (χ4n) is 5.62. The number of dihydropyridines is 1. The van der Waals surface area contributed by atoms with Gasteiger partial charge < -0.3 is 19.5 Å². The number of carbonyl (C=O) groups excluding carboxylic acids is 2. The SMILES string of the molecule is C=CC(=O)N1CCCC[C@@H](n2c(NC(=O)C3=CC(C)NC=C3)nc3ccc(OCCN4CCCC4)c(Cl)c32)C1. The van der Waals surface area contributed by atoms with Crippen molar-refractivity contribution < 1.29 is 14.3 Å². The van der Waals surface area contributed by atoms with Crippen LogP contribution in [-0.2, 0) is 9.59 Å². The van der Waals surface area contributed by atoms with E-state index in [2.05, 4.69) is 22.1 Å². The minimum Gasteiger partial charge on any atom is -0.491 e. The Morgan fingerprint density at radius 2 is 2.03 bits per heavy atom. The van der Waals surface area contributed by atoms with Crippen LogP contribution in [0.5, 0.6) is 5.75 Å². The summed E-state index contributed by atoms with van der Waals surface area (Å²) in [6, 6.07) is 3.64. The molecule has 1 unspecified atom stereocenters. The van der Waals surface area contributed by atoms with Crippen molar-refractivity contribution >= 4 is 40.4 Å². The summed E-state index contributed by atoms with van der Waals surface area (Å²) >= 11 is 7.01. The number of likely N-dealkylation sites (tertiary alicyclic amines) is 2. The summed E-state index contributed by atoms with van der Waals surface area (Å²) in [5.74, 6) is 0.646. The summed E-state index contributed by atoms with van der Waals surface area (Å²) in [6.45, 7) is 10.4. The molecule has 0 radical (unpaired) electrons. The van der Waals surface area contributed by atoms with Gasteiger partial charge in [0.25, 0.3) is 5.91 Å². The van der Waals surface area contributed by atoms with Crippen molar-refractivity contribution in [2.24, 2.45) is 0 Å². The second-order valence-corrected chi connectivity index (χ2v) is 10.8. The lowest BCUT2D eigenvalue weighted by molar-refractivity contribution is -0.126. The van der Waals surface area contributed by atoms with Gasteiger partial charge in [0.2, 0.25) is 11.9 Å². The van der Waals surface area contributed by atoms with E-state index in [1.54, 1.807) is 12.3 Å². The molecular formula is C29H37ClN6O3. The predicted molar refractivity (Wildman–Crippen MR) is 154 cm³/mol. The number of hydrogen-bond donors (Lipinski definition) is 2. The molecule has 0 saturated carbocycles. The van der Waals surface area contributed by atoms with Gasteiger partial charge >= 0.3 is 0 Å². The first-order valence-corrected chi connectivity index (χ1v) is 14.2. The van der Waals surface area contributed by atoms with Crippen LogP contribution in [0.15, 0.2) is 48.7 Å². The van der Waals surface area contributed by atoms with Crippen LogP contribution in [0, 0.1) is 0 Å². The van der Waals surface area contributed by atoms with Gasteiger partial charge in [-0.25, -0.2) is 4.98 Å². The van der Waals surface area contributed by atoms with E-state index >= 15 is 0 Å². The Kier molecular flexibility index (Phi) is 8.57. The van der Waals surface area contributed by atoms with Crippen molar-refractivity contribution in [3.05, 3.63) is 53.7 Å². The zero-order valence-electron chi connectivity index (χ0n) is 22.5. The molecule has 9 nitrogen and oxygen atoms in total. The highest BCUT2D eigenvalue weighted by Crippen LogP contribution is 2.38. The zero-order chi connectivity index (χ0) is 27.4. The number of amides is 2. The number of aromatic nitrogens is 2. The first kappa shape index (κ1) is 27.3. The first-order valence-electron chi connectivity index (χ1n) is 13.9. The molecule has 2 fully saturated rings. The summed E-state index contributed by atoms with van der Waals surface area (Å²) in [4.78, 5) is 34.9. The van der Waals surface area contributed by atoms with Gasteiger partial charge in [-0.2, -0.15) is 0 Å². The standard InChI is InChI=1S/C29H37ClN6O3/c1-3-25(37)35-15-5-4-8-22(19-35)36-27-23(32-29(36)33-28(38)21-11-12-31-20(2)18-21)9-10-24(26(27)30)39-17-16-34-13-6-7-14-34/h3,9-12,18,20,22,31H,1,4-8,13-17,19H2,2H3,(H,32,33,38)/t20?,22-/m1/s1. The van der Waals surface area contributed by atoms with Crippen molar-refractivity contribution in [3.63, 3.8) is 0 Å². The van der Waals surface area contributed by atoms with Gasteiger partial charge in [-0.3, -0.25) is 19.8 Å². The van der Waals surface area contributed by atoms with E-state index in [-0.39, 0.29) is 23.9 Å². The van der Waals surface area contributed by atoms with E-state index in [1.165, 1.54) is 18.9 Å². The van der Waals surface area contributed by atoms with Crippen LogP contribution in [-0.4, -0.2) is 76.5 Å². The Balaban J connectivity index is 1.50. The molecule has 10 heteroatoms. The summed E-state index contributed by atoms with van der Waals surface area (Å²) in [7, 11) is 0. The normalized spacial score (nSPS) is 21.8. The van der Waals surface area contributed by atoms with E-state index in [1.807, 2.05) is 34.6 Å². The number of imidazole rings is 1. The van der Waals surface area contributed by atoms with Gasteiger partial charge in [0.1, 0.15) is 17.4 Å². The molecule has 4 heterocycles. The Hall–Kier alpha value is -3.30. The van der Waals surface area contributed by atoms with Crippen molar-refractivity contribution in [2.45, 2.75) is 51.1 Å². The molecule has 2 amide bonds. The molecule has 0 bridgehead atoms. The van der Waals surface area contributed by atoms with Gasteiger partial charge in [-0.15, -0.1) is 0 Å². The van der Waals surface area contributed by atoms with Crippen LogP contribution in [0.3, 0.4) is 0 Å². The number of nitrogens with one attached hydrogen (secondary N) is 2. The third-order valence-electron chi connectivity index (χ3n) is 7.66. The molecule has 39 heavy (non-hydrogen) atoms. The summed E-state index contributed by atoms with van der Waals surface area (Å²) in [5, 5.41) is 6.64. The lowest BCUT2D eigenvalue weighted by Gasteiger charge is -2.26. The molecule has 1 aromatic carbocycles. The Labute approximate surface area is 234 Å². The molecular weight excluding hydrogens is 516 g/mol.